The summed E-state index contributed by atoms with van der Waals surface area (Å²) in [6, 6.07) is 8.84. The topological polar surface area (TPSA) is 64.3 Å². The molecule has 4 nitrogen and oxygen atoms in total. The van der Waals surface area contributed by atoms with Gasteiger partial charge in [-0.05, 0) is 17.9 Å². The lowest BCUT2D eigenvalue weighted by atomic mass is 9.93. The lowest BCUT2D eigenvalue weighted by Gasteiger charge is -2.23. The molecule has 5 heteroatoms. The summed E-state index contributed by atoms with van der Waals surface area (Å²) in [7, 11) is 0. The number of halogens is 1. The number of nitrogens with two attached hydrogens (primary N) is 1. The first-order valence-electron chi connectivity index (χ1n) is 7.29. The lowest BCUT2D eigenvalue weighted by molar-refractivity contribution is -0.122. The number of hydrogen-bond donors (Lipinski definition) is 2. The van der Waals surface area contributed by atoms with E-state index in [0.29, 0.717) is 18.4 Å². The van der Waals surface area contributed by atoms with Crippen LogP contribution in [0.25, 0.3) is 0 Å². The normalized spacial score (nSPS) is 22.7. The minimum absolute atomic E-state index is 0. The van der Waals surface area contributed by atoms with E-state index in [2.05, 4.69) is 19.2 Å². The largest absolute Gasteiger partial charge is 0.378 e. The molecule has 0 bridgehead atoms. The highest BCUT2D eigenvalue weighted by Crippen LogP contribution is 2.26. The molecule has 3 unspecified atom stereocenters. The van der Waals surface area contributed by atoms with Crippen molar-refractivity contribution in [3.63, 3.8) is 0 Å². The van der Waals surface area contributed by atoms with Crippen LogP contribution in [0.2, 0.25) is 0 Å². The maximum Gasteiger partial charge on any atom is 0.241 e. The van der Waals surface area contributed by atoms with Crippen molar-refractivity contribution in [3.8, 4) is 0 Å². The highest BCUT2D eigenvalue weighted by molar-refractivity contribution is 5.85. The van der Waals surface area contributed by atoms with Crippen molar-refractivity contribution in [2.75, 3.05) is 13.2 Å². The van der Waals surface area contributed by atoms with Gasteiger partial charge < -0.3 is 15.8 Å². The molecule has 1 aromatic carbocycles. The Bertz CT molecular complexity index is 439. The van der Waals surface area contributed by atoms with Crippen LogP contribution in [-0.4, -0.2) is 25.2 Å². The van der Waals surface area contributed by atoms with Crippen LogP contribution in [-0.2, 0) is 9.53 Å². The van der Waals surface area contributed by atoms with Gasteiger partial charge in [0, 0.05) is 19.1 Å². The lowest BCUT2D eigenvalue weighted by Crippen LogP contribution is -2.39. The Morgan fingerprint density at radius 1 is 1.38 bits per heavy atom. The molecule has 0 aromatic heterocycles. The summed E-state index contributed by atoms with van der Waals surface area (Å²) in [5.74, 6) is 0.745. The van der Waals surface area contributed by atoms with Crippen LogP contribution in [0.4, 0.5) is 0 Å². The summed E-state index contributed by atoms with van der Waals surface area (Å²) in [6.45, 7) is 5.73. The van der Waals surface area contributed by atoms with E-state index in [0.717, 1.165) is 18.6 Å². The van der Waals surface area contributed by atoms with E-state index in [1.807, 2.05) is 30.3 Å². The van der Waals surface area contributed by atoms with Crippen molar-refractivity contribution in [3.05, 3.63) is 35.9 Å². The van der Waals surface area contributed by atoms with Gasteiger partial charge in [0.15, 0.2) is 0 Å². The predicted molar refractivity (Wildman–Crippen MR) is 86.3 cm³/mol. The van der Waals surface area contributed by atoms with Crippen LogP contribution in [0.15, 0.2) is 30.3 Å². The minimum Gasteiger partial charge on any atom is -0.378 e. The molecule has 3 atom stereocenters. The molecule has 1 fully saturated rings. The van der Waals surface area contributed by atoms with Gasteiger partial charge >= 0.3 is 0 Å². The average molecular weight is 313 g/mol. The van der Waals surface area contributed by atoms with E-state index in [1.165, 1.54) is 0 Å². The van der Waals surface area contributed by atoms with Gasteiger partial charge in [-0.15, -0.1) is 12.4 Å². The molecule has 0 radical (unpaired) electrons. The van der Waals surface area contributed by atoms with E-state index in [9.17, 15) is 4.79 Å². The first-order valence-corrected chi connectivity index (χ1v) is 7.29. The van der Waals surface area contributed by atoms with Crippen LogP contribution in [0.1, 0.15) is 31.9 Å². The summed E-state index contributed by atoms with van der Waals surface area (Å²) in [5, 5.41) is 2.96. The van der Waals surface area contributed by atoms with E-state index in [4.69, 9.17) is 10.5 Å². The zero-order chi connectivity index (χ0) is 14.5. The number of benzene rings is 1. The molecule has 3 N–H and O–H groups in total. The van der Waals surface area contributed by atoms with Crippen LogP contribution in [0, 0.1) is 11.8 Å². The first-order chi connectivity index (χ1) is 9.59. The number of hydrogen-bond acceptors (Lipinski definition) is 3. The fourth-order valence-corrected chi connectivity index (χ4v) is 2.76. The van der Waals surface area contributed by atoms with Gasteiger partial charge in [0.25, 0.3) is 0 Å². The van der Waals surface area contributed by atoms with E-state index in [1.54, 1.807) is 0 Å². The van der Waals surface area contributed by atoms with Gasteiger partial charge in [0.1, 0.15) is 6.04 Å². The van der Waals surface area contributed by atoms with Crippen molar-refractivity contribution in [1.29, 1.82) is 0 Å². The van der Waals surface area contributed by atoms with Gasteiger partial charge in [-0.1, -0.05) is 44.2 Å². The van der Waals surface area contributed by atoms with Crippen LogP contribution in [0.3, 0.4) is 0 Å². The molecule has 2 rings (SSSR count). The molecule has 0 saturated carbocycles. The Balaban J connectivity index is 0.00000220. The fourth-order valence-electron chi connectivity index (χ4n) is 2.76. The molecular weight excluding hydrogens is 288 g/mol. The predicted octanol–water partition coefficient (Wildman–Crippen LogP) is 2.29. The van der Waals surface area contributed by atoms with Crippen molar-refractivity contribution < 1.29 is 9.53 Å². The highest BCUT2D eigenvalue weighted by atomic mass is 35.5. The summed E-state index contributed by atoms with van der Waals surface area (Å²) in [6.07, 6.45) is 1.24. The standard InChI is InChI=1S/C16H24N2O2.ClH/c1-11(2)15-13(8-9-20-15)10-18-16(19)14(17)12-6-4-3-5-7-12;/h3-7,11,13-15H,8-10,17H2,1-2H3,(H,18,19);1H. The molecule has 118 valence electrons. The van der Waals surface area contributed by atoms with E-state index < -0.39 is 6.04 Å². The smallest absolute Gasteiger partial charge is 0.241 e. The fraction of sp³-hybridized carbons (Fsp3) is 0.562. The number of ether oxygens (including phenoxy) is 1. The van der Waals surface area contributed by atoms with Gasteiger partial charge in [-0.25, -0.2) is 0 Å². The molecule has 0 aliphatic carbocycles. The molecule has 1 aliphatic rings. The van der Waals surface area contributed by atoms with E-state index in [-0.39, 0.29) is 24.4 Å². The summed E-state index contributed by atoms with van der Waals surface area (Å²) >= 11 is 0. The Kier molecular flexibility index (Phi) is 7.15. The maximum absolute atomic E-state index is 12.1. The monoisotopic (exact) mass is 312 g/mol. The van der Waals surface area contributed by atoms with E-state index >= 15 is 0 Å². The Hall–Kier alpha value is -1.10. The van der Waals surface area contributed by atoms with Crippen molar-refractivity contribution in [2.45, 2.75) is 32.4 Å². The minimum atomic E-state index is -0.601. The third-order valence-corrected chi connectivity index (χ3v) is 3.90. The van der Waals surface area contributed by atoms with Gasteiger partial charge in [0.2, 0.25) is 5.91 Å². The van der Waals surface area contributed by atoms with Gasteiger partial charge in [-0.3, -0.25) is 4.79 Å². The maximum atomic E-state index is 12.1. The number of nitrogens with one attached hydrogen (secondary N) is 1. The number of amides is 1. The highest BCUT2D eigenvalue weighted by Gasteiger charge is 2.31. The van der Waals surface area contributed by atoms with Crippen LogP contribution in [0.5, 0.6) is 0 Å². The molecule has 1 aromatic rings. The van der Waals surface area contributed by atoms with Gasteiger partial charge in [-0.2, -0.15) is 0 Å². The number of rotatable bonds is 5. The molecule has 1 saturated heterocycles. The molecule has 1 aliphatic heterocycles. The summed E-state index contributed by atoms with van der Waals surface area (Å²) < 4.78 is 5.72. The second-order valence-corrected chi connectivity index (χ2v) is 5.76. The molecule has 21 heavy (non-hydrogen) atoms. The van der Waals surface area contributed by atoms with Crippen molar-refractivity contribution >= 4 is 18.3 Å². The Labute approximate surface area is 132 Å². The zero-order valence-electron chi connectivity index (χ0n) is 12.6. The molecular formula is C16H25ClN2O2. The van der Waals surface area contributed by atoms with Crippen molar-refractivity contribution in [1.82, 2.24) is 5.32 Å². The second kappa shape index (κ2) is 8.37. The molecule has 0 spiro atoms. The van der Waals surface area contributed by atoms with Crippen LogP contribution < -0.4 is 11.1 Å². The summed E-state index contributed by atoms with van der Waals surface area (Å²) in [5.41, 5.74) is 6.82. The average Bonchev–Trinajstić information content (AvgIpc) is 2.93. The quantitative estimate of drug-likeness (QED) is 0.876. The summed E-state index contributed by atoms with van der Waals surface area (Å²) in [4.78, 5) is 12.1. The molecule has 1 heterocycles. The number of carbonyl (C=O) groups is 1. The van der Waals surface area contributed by atoms with Crippen LogP contribution >= 0.6 is 12.4 Å². The third-order valence-electron chi connectivity index (χ3n) is 3.90. The molecule has 1 amide bonds. The van der Waals surface area contributed by atoms with Gasteiger partial charge in [0.05, 0.1) is 6.10 Å². The van der Waals surface area contributed by atoms with Crippen molar-refractivity contribution in [2.24, 2.45) is 17.6 Å². The zero-order valence-corrected chi connectivity index (χ0v) is 13.4. The SMILES string of the molecule is CC(C)C1OCCC1CNC(=O)C(N)c1ccccc1.Cl. The second-order valence-electron chi connectivity index (χ2n) is 5.76. The number of carbonyl (C=O) groups excluding carboxylic acids is 1. The Morgan fingerprint density at radius 3 is 2.67 bits per heavy atom. The Morgan fingerprint density at radius 2 is 2.05 bits per heavy atom. The third kappa shape index (κ3) is 4.70. The first kappa shape index (κ1) is 18.0.